The smallest absolute Gasteiger partial charge is 0.363 e. The molecule has 0 N–H and O–H groups in total. The molecule has 8 heteroatoms. The van der Waals surface area contributed by atoms with Crippen LogP contribution in [0.15, 0.2) is 88.4 Å². The Balaban J connectivity index is 1.60. The maximum absolute atomic E-state index is 12.5. The van der Waals surface area contributed by atoms with Crippen molar-refractivity contribution in [1.82, 2.24) is 0 Å². The minimum atomic E-state index is -3.99. The number of aliphatic imine (C=N–C) groups is 1. The maximum atomic E-state index is 12.5. The Morgan fingerprint density at radius 2 is 1.74 bits per heavy atom. The zero-order valence-corrected chi connectivity index (χ0v) is 17.9. The standard InChI is InChI=1S/C23H16ClNO5S/c1-15-9-11-18(12-10-15)31(27,28)30-17-6-4-5-16(13-17)14-21-23(26)29-22(25-21)19-7-2-3-8-20(19)24/h2-14H,1H3. The number of hydrogen-bond acceptors (Lipinski definition) is 6. The van der Waals surface area contributed by atoms with Crippen LogP contribution in [0.25, 0.3) is 6.08 Å². The van der Waals surface area contributed by atoms with E-state index in [0.29, 0.717) is 16.1 Å². The monoisotopic (exact) mass is 453 g/mol. The van der Waals surface area contributed by atoms with Crippen LogP contribution in [0.5, 0.6) is 5.75 Å². The van der Waals surface area contributed by atoms with Crippen molar-refractivity contribution in [3.63, 3.8) is 0 Å². The van der Waals surface area contributed by atoms with Crippen LogP contribution in [0.4, 0.5) is 0 Å². The van der Waals surface area contributed by atoms with Crippen LogP contribution >= 0.6 is 11.6 Å². The molecular formula is C23H16ClNO5S. The largest absolute Gasteiger partial charge is 0.402 e. The number of hydrogen-bond donors (Lipinski definition) is 0. The number of nitrogens with zero attached hydrogens (tertiary/aromatic N) is 1. The molecule has 6 nitrogen and oxygen atoms in total. The molecule has 0 aliphatic carbocycles. The molecule has 1 heterocycles. The SMILES string of the molecule is Cc1ccc(S(=O)(=O)Oc2cccc(C=C3N=C(c4ccccc4Cl)OC3=O)c2)cc1. The summed E-state index contributed by atoms with van der Waals surface area (Å²) in [5, 5.41) is 0.409. The number of esters is 1. The van der Waals surface area contributed by atoms with Crippen LogP contribution in [0, 0.1) is 6.92 Å². The van der Waals surface area contributed by atoms with Crippen LogP contribution < -0.4 is 4.18 Å². The van der Waals surface area contributed by atoms with Gasteiger partial charge in [0, 0.05) is 0 Å². The van der Waals surface area contributed by atoms with Crippen LogP contribution in [0.3, 0.4) is 0 Å². The van der Waals surface area contributed by atoms with Crippen LogP contribution in [-0.2, 0) is 19.6 Å². The lowest BCUT2D eigenvalue weighted by molar-refractivity contribution is -0.129. The van der Waals surface area contributed by atoms with Gasteiger partial charge in [0.2, 0.25) is 5.90 Å². The molecule has 0 saturated carbocycles. The Hall–Kier alpha value is -3.42. The van der Waals surface area contributed by atoms with E-state index in [-0.39, 0.29) is 22.2 Å². The highest BCUT2D eigenvalue weighted by molar-refractivity contribution is 7.87. The molecule has 0 spiro atoms. The van der Waals surface area contributed by atoms with E-state index in [2.05, 4.69) is 4.99 Å². The fraction of sp³-hybridized carbons (Fsp3) is 0.0435. The molecular weight excluding hydrogens is 438 g/mol. The van der Waals surface area contributed by atoms with E-state index in [0.717, 1.165) is 5.56 Å². The summed E-state index contributed by atoms with van der Waals surface area (Å²) >= 11 is 6.14. The van der Waals surface area contributed by atoms with Crippen molar-refractivity contribution in [2.45, 2.75) is 11.8 Å². The van der Waals surface area contributed by atoms with E-state index >= 15 is 0 Å². The second-order valence-corrected chi connectivity index (χ2v) is 8.69. The summed E-state index contributed by atoms with van der Waals surface area (Å²) in [6.45, 7) is 1.86. The normalized spacial score (nSPS) is 15.0. The molecule has 3 aromatic rings. The minimum absolute atomic E-state index is 0.0511. The van der Waals surface area contributed by atoms with Crippen molar-refractivity contribution in [1.29, 1.82) is 0 Å². The summed E-state index contributed by atoms with van der Waals surface area (Å²) in [5.74, 6) is -0.415. The molecule has 0 radical (unpaired) electrons. The first-order chi connectivity index (χ1) is 14.8. The Labute approximate surface area is 184 Å². The van der Waals surface area contributed by atoms with Crippen LogP contribution in [0.2, 0.25) is 5.02 Å². The Morgan fingerprint density at radius 1 is 1.00 bits per heavy atom. The van der Waals surface area contributed by atoms with Gasteiger partial charge in [-0.2, -0.15) is 8.42 Å². The van der Waals surface area contributed by atoms with Gasteiger partial charge < -0.3 is 8.92 Å². The van der Waals surface area contributed by atoms with Gasteiger partial charge in [0.25, 0.3) is 0 Å². The highest BCUT2D eigenvalue weighted by Gasteiger charge is 2.25. The molecule has 1 aliphatic rings. The number of carbonyl (C=O) groups is 1. The summed E-state index contributed by atoms with van der Waals surface area (Å²) in [4.78, 5) is 16.5. The first-order valence-corrected chi connectivity index (χ1v) is 11.0. The lowest BCUT2D eigenvalue weighted by atomic mass is 10.2. The van der Waals surface area contributed by atoms with Gasteiger partial charge in [0.15, 0.2) is 5.70 Å². The van der Waals surface area contributed by atoms with Gasteiger partial charge in [-0.05, 0) is 55.0 Å². The highest BCUT2D eigenvalue weighted by Crippen LogP contribution is 2.25. The van der Waals surface area contributed by atoms with E-state index in [4.69, 9.17) is 20.5 Å². The number of rotatable bonds is 5. The minimum Gasteiger partial charge on any atom is -0.402 e. The lowest BCUT2D eigenvalue weighted by Crippen LogP contribution is -2.09. The average Bonchev–Trinajstić information content (AvgIpc) is 3.08. The Kier molecular flexibility index (Phi) is 5.63. The van der Waals surface area contributed by atoms with E-state index in [1.54, 1.807) is 48.5 Å². The number of ether oxygens (including phenoxy) is 1. The predicted molar refractivity (Wildman–Crippen MR) is 117 cm³/mol. The van der Waals surface area contributed by atoms with Crippen molar-refractivity contribution < 1.29 is 22.1 Å². The summed E-state index contributed by atoms with van der Waals surface area (Å²) in [5.41, 5.74) is 2.02. The highest BCUT2D eigenvalue weighted by atomic mass is 35.5. The number of benzene rings is 3. The third-order valence-electron chi connectivity index (χ3n) is 4.40. The van der Waals surface area contributed by atoms with Crippen molar-refractivity contribution in [3.05, 3.63) is 100 Å². The van der Waals surface area contributed by atoms with Gasteiger partial charge in [-0.1, -0.05) is 53.6 Å². The van der Waals surface area contributed by atoms with E-state index < -0.39 is 16.1 Å². The third-order valence-corrected chi connectivity index (χ3v) is 5.99. The van der Waals surface area contributed by atoms with Gasteiger partial charge in [0.1, 0.15) is 10.6 Å². The third kappa shape index (κ3) is 4.68. The fourth-order valence-corrected chi connectivity index (χ4v) is 3.99. The molecule has 0 bridgehead atoms. The number of carbonyl (C=O) groups excluding carboxylic acids is 1. The zero-order chi connectivity index (χ0) is 22.0. The number of aryl methyl sites for hydroxylation is 1. The summed E-state index contributed by atoms with van der Waals surface area (Å²) in [6, 6.07) is 19.5. The molecule has 0 amide bonds. The molecule has 31 heavy (non-hydrogen) atoms. The molecule has 3 aromatic carbocycles. The van der Waals surface area contributed by atoms with Crippen molar-refractivity contribution in [2.24, 2.45) is 4.99 Å². The summed E-state index contributed by atoms with van der Waals surface area (Å²) < 4.78 is 35.5. The fourth-order valence-electron chi connectivity index (χ4n) is 2.85. The quantitative estimate of drug-likeness (QED) is 0.316. The number of halogens is 1. The average molecular weight is 454 g/mol. The molecule has 1 aliphatic heterocycles. The second kappa shape index (κ2) is 8.37. The molecule has 0 aromatic heterocycles. The number of cyclic esters (lactones) is 1. The second-order valence-electron chi connectivity index (χ2n) is 6.74. The van der Waals surface area contributed by atoms with Crippen LogP contribution in [-0.4, -0.2) is 20.3 Å². The molecule has 156 valence electrons. The Bertz CT molecular complexity index is 1330. The molecule has 0 fully saturated rings. The molecule has 0 unspecified atom stereocenters. The zero-order valence-electron chi connectivity index (χ0n) is 16.3. The Morgan fingerprint density at radius 3 is 2.48 bits per heavy atom. The van der Waals surface area contributed by atoms with Crippen molar-refractivity contribution in [3.8, 4) is 5.75 Å². The van der Waals surface area contributed by atoms with Gasteiger partial charge in [-0.15, -0.1) is 0 Å². The predicted octanol–water partition coefficient (Wildman–Crippen LogP) is 4.76. The first kappa shape index (κ1) is 20.8. The van der Waals surface area contributed by atoms with Crippen molar-refractivity contribution >= 4 is 39.7 Å². The maximum Gasteiger partial charge on any atom is 0.363 e. The van der Waals surface area contributed by atoms with Gasteiger partial charge >= 0.3 is 16.1 Å². The topological polar surface area (TPSA) is 82.0 Å². The van der Waals surface area contributed by atoms with E-state index in [1.165, 1.54) is 30.3 Å². The lowest BCUT2D eigenvalue weighted by Gasteiger charge is -2.08. The summed E-state index contributed by atoms with van der Waals surface area (Å²) in [7, 11) is -3.99. The van der Waals surface area contributed by atoms with Crippen molar-refractivity contribution in [2.75, 3.05) is 0 Å². The molecule has 0 atom stereocenters. The van der Waals surface area contributed by atoms with Gasteiger partial charge in [0.05, 0.1) is 10.6 Å². The molecule has 4 rings (SSSR count). The van der Waals surface area contributed by atoms with Gasteiger partial charge in [-0.3, -0.25) is 0 Å². The molecule has 0 saturated heterocycles. The van der Waals surface area contributed by atoms with E-state index in [9.17, 15) is 13.2 Å². The first-order valence-electron chi connectivity index (χ1n) is 9.20. The van der Waals surface area contributed by atoms with Gasteiger partial charge in [-0.25, -0.2) is 9.79 Å². The summed E-state index contributed by atoms with van der Waals surface area (Å²) in [6.07, 6.45) is 1.48. The van der Waals surface area contributed by atoms with Crippen LogP contribution in [0.1, 0.15) is 16.7 Å². The van der Waals surface area contributed by atoms with E-state index in [1.807, 2.05) is 6.92 Å².